The van der Waals surface area contributed by atoms with Crippen molar-refractivity contribution >= 4 is 17.5 Å². The van der Waals surface area contributed by atoms with Gasteiger partial charge in [-0.3, -0.25) is 0 Å². The fourth-order valence-corrected chi connectivity index (χ4v) is 3.31. The number of aliphatic imine (C=N–C) groups is 1. The molecule has 2 aromatic rings. The number of nitrogens with zero attached hydrogens (tertiary/aromatic N) is 5. The second-order valence-corrected chi connectivity index (χ2v) is 8.56. The zero-order valence-electron chi connectivity index (χ0n) is 25.6. The number of rotatable bonds is 14. The molecule has 2 heterocycles. The highest BCUT2D eigenvalue weighted by molar-refractivity contribution is 5.86. The molecule has 0 radical (unpaired) electrons. The zero-order valence-corrected chi connectivity index (χ0v) is 25.6. The van der Waals surface area contributed by atoms with Gasteiger partial charge in [0.15, 0.2) is 11.6 Å². The Labute approximate surface area is 236 Å². The van der Waals surface area contributed by atoms with E-state index in [0.717, 1.165) is 44.4 Å². The minimum Gasteiger partial charge on any atom is -0.383 e. The summed E-state index contributed by atoms with van der Waals surface area (Å²) in [5.74, 6) is 1.17. The first-order chi connectivity index (χ1) is 18.9. The third kappa shape index (κ3) is 18.9. The van der Waals surface area contributed by atoms with Crippen LogP contribution < -0.4 is 11.1 Å². The Balaban J connectivity index is 0. The van der Waals surface area contributed by atoms with Gasteiger partial charge in [0.25, 0.3) is 0 Å². The normalized spacial score (nSPS) is 10.9. The molecule has 39 heavy (non-hydrogen) atoms. The number of nitrogens with one attached hydrogen (secondary N) is 1. The van der Waals surface area contributed by atoms with Crippen molar-refractivity contribution in [2.75, 3.05) is 32.1 Å². The average Bonchev–Trinajstić information content (AvgIpc) is 2.95. The van der Waals surface area contributed by atoms with Crippen molar-refractivity contribution in [3.63, 3.8) is 0 Å². The molecule has 220 valence electrons. The first-order valence-electron chi connectivity index (χ1n) is 14.2. The third-order valence-electron chi connectivity index (χ3n) is 5.23. The van der Waals surface area contributed by atoms with Gasteiger partial charge in [0.05, 0.1) is 24.6 Å². The predicted octanol–water partition coefficient (Wildman–Crippen LogP) is 7.74. The van der Waals surface area contributed by atoms with Crippen molar-refractivity contribution in [1.29, 1.82) is 5.26 Å². The van der Waals surface area contributed by atoms with Crippen LogP contribution in [-0.4, -0.2) is 47.5 Å². The molecule has 1 unspecified atom stereocenters. The number of nitrogens with two attached hydrogens (primary N) is 1. The Morgan fingerprint density at radius 1 is 1.21 bits per heavy atom. The number of nitriles is 1. The van der Waals surface area contributed by atoms with Gasteiger partial charge < -0.3 is 15.8 Å². The lowest BCUT2D eigenvalue weighted by Gasteiger charge is -2.12. The summed E-state index contributed by atoms with van der Waals surface area (Å²) in [4.78, 5) is 17.6. The molecule has 8 nitrogen and oxygen atoms in total. The van der Waals surface area contributed by atoms with Crippen molar-refractivity contribution in [2.45, 2.75) is 93.4 Å². The van der Waals surface area contributed by atoms with E-state index in [1.807, 2.05) is 13.8 Å². The van der Waals surface area contributed by atoms with Crippen molar-refractivity contribution < 1.29 is 9.13 Å². The Bertz CT molecular complexity index is 930. The molecule has 9 heteroatoms. The molecule has 0 spiro atoms. The van der Waals surface area contributed by atoms with E-state index in [1.54, 1.807) is 31.5 Å². The van der Waals surface area contributed by atoms with Crippen LogP contribution in [-0.2, 0) is 4.74 Å². The number of aromatic nitrogens is 3. The van der Waals surface area contributed by atoms with E-state index in [9.17, 15) is 4.39 Å². The van der Waals surface area contributed by atoms with Gasteiger partial charge in [-0.15, -0.1) is 0 Å². The molecular weight excluding hydrogens is 493 g/mol. The molecule has 3 N–H and O–H groups in total. The average molecular weight is 546 g/mol. The van der Waals surface area contributed by atoms with E-state index >= 15 is 0 Å². The summed E-state index contributed by atoms with van der Waals surface area (Å²) in [5, 5.41) is 10.6. The molecule has 2 rings (SSSR count). The molecule has 0 aliphatic carbocycles. The van der Waals surface area contributed by atoms with E-state index in [4.69, 9.17) is 11.0 Å². The van der Waals surface area contributed by atoms with Crippen LogP contribution in [0.15, 0.2) is 29.5 Å². The van der Waals surface area contributed by atoms with Crippen LogP contribution in [0, 0.1) is 23.1 Å². The number of halogens is 1. The highest BCUT2D eigenvalue weighted by Gasteiger charge is 2.11. The summed E-state index contributed by atoms with van der Waals surface area (Å²) < 4.78 is 19.0. The van der Waals surface area contributed by atoms with Crippen molar-refractivity contribution in [1.82, 2.24) is 15.0 Å². The Hall–Kier alpha value is -2.96. The number of ether oxygens (including phenoxy) is 1. The van der Waals surface area contributed by atoms with E-state index < -0.39 is 5.82 Å². The molecule has 0 fully saturated rings. The van der Waals surface area contributed by atoms with Gasteiger partial charge in [-0.1, -0.05) is 60.8 Å². The fraction of sp³-hybridized carbons (Fsp3) is 0.633. The Kier molecular flexibility index (Phi) is 26.1. The van der Waals surface area contributed by atoms with Gasteiger partial charge in [0.2, 0.25) is 5.95 Å². The van der Waals surface area contributed by atoms with Crippen molar-refractivity contribution in [3.8, 4) is 17.3 Å². The maximum atomic E-state index is 14.5. The lowest BCUT2D eigenvalue weighted by molar-refractivity contribution is 0.207. The molecular formula is C30H52FN7O. The number of hydrogen-bond donors (Lipinski definition) is 2. The second kappa shape index (κ2) is 26.6. The highest BCUT2D eigenvalue weighted by atomic mass is 19.1. The zero-order chi connectivity index (χ0) is 29.9. The summed E-state index contributed by atoms with van der Waals surface area (Å²) in [6, 6.07) is 5.14. The first kappa shape index (κ1) is 38.2. The van der Waals surface area contributed by atoms with Crippen LogP contribution >= 0.6 is 0 Å². The number of methoxy groups -OCH3 is 1. The summed E-state index contributed by atoms with van der Waals surface area (Å²) >= 11 is 0. The fourth-order valence-electron chi connectivity index (χ4n) is 3.31. The number of hydrogen-bond acceptors (Lipinski definition) is 8. The summed E-state index contributed by atoms with van der Waals surface area (Å²) in [5.41, 5.74) is 7.04. The number of unbranched alkanes of at least 4 members (excludes halogenated alkanes) is 2. The summed E-state index contributed by atoms with van der Waals surface area (Å²) in [6.07, 6.45) is 10.5. The minimum atomic E-state index is -0.406. The summed E-state index contributed by atoms with van der Waals surface area (Å²) in [7, 11) is 1.63. The highest BCUT2D eigenvalue weighted by Crippen LogP contribution is 2.25. The standard InChI is InChI=1S/C23H34FN5.C3H9NO.C2H3N.C2H6/c1-5-8-9-11-18(7-3)28-22-14-19(20(24)16-26-22)21-12-13-25-23(29-21)27-15-17(4)10-6-2;1-5-3-2-4;1-2-3;1-2/h12-14,16-17H,5-11,15H2,1-4H3,(H,25,27,29);2-4H2,1H3;1H3;1-2H3. The third-order valence-corrected chi connectivity index (χ3v) is 5.23. The Morgan fingerprint density at radius 3 is 2.44 bits per heavy atom. The van der Waals surface area contributed by atoms with Gasteiger partial charge in [-0.05, 0) is 43.7 Å². The van der Waals surface area contributed by atoms with Crippen LogP contribution in [0.25, 0.3) is 11.3 Å². The SMILES string of the molecule is CC.CC#N.CCCCCC(CC)=Nc1cc(-c2ccnc(NCC(C)CCC)n2)c(F)cn1.COCCN. The van der Waals surface area contributed by atoms with Gasteiger partial charge >= 0.3 is 0 Å². The molecule has 0 aliphatic heterocycles. The molecule has 0 amide bonds. The second-order valence-electron chi connectivity index (χ2n) is 8.56. The maximum absolute atomic E-state index is 14.5. The molecule has 0 aliphatic rings. The lowest BCUT2D eigenvalue weighted by atomic mass is 10.1. The largest absolute Gasteiger partial charge is 0.383 e. The molecule has 0 saturated carbocycles. The maximum Gasteiger partial charge on any atom is 0.223 e. The molecule has 0 bridgehead atoms. The minimum absolute atomic E-state index is 0.398. The molecule has 0 saturated heterocycles. The number of anilines is 1. The predicted molar refractivity (Wildman–Crippen MR) is 163 cm³/mol. The first-order valence-corrected chi connectivity index (χ1v) is 14.2. The van der Waals surface area contributed by atoms with E-state index in [0.29, 0.717) is 42.1 Å². The molecule has 2 aromatic heterocycles. The quantitative estimate of drug-likeness (QED) is 0.184. The summed E-state index contributed by atoms with van der Waals surface area (Å²) in [6.45, 7) is 16.2. The van der Waals surface area contributed by atoms with Crippen molar-refractivity contribution in [2.24, 2.45) is 16.6 Å². The molecule has 0 aromatic carbocycles. The smallest absolute Gasteiger partial charge is 0.223 e. The number of pyridine rings is 1. The van der Waals surface area contributed by atoms with Crippen LogP contribution in [0.3, 0.4) is 0 Å². The van der Waals surface area contributed by atoms with Crippen LogP contribution in [0.2, 0.25) is 0 Å². The van der Waals surface area contributed by atoms with Gasteiger partial charge in [-0.25, -0.2) is 24.3 Å². The topological polar surface area (TPSA) is 122 Å². The van der Waals surface area contributed by atoms with Crippen molar-refractivity contribution in [3.05, 3.63) is 30.3 Å². The van der Waals surface area contributed by atoms with Gasteiger partial charge in [0, 0.05) is 44.6 Å². The lowest BCUT2D eigenvalue weighted by Crippen LogP contribution is -2.13. The van der Waals surface area contributed by atoms with Crippen LogP contribution in [0.1, 0.15) is 93.4 Å². The Morgan fingerprint density at radius 2 is 1.90 bits per heavy atom. The van der Waals surface area contributed by atoms with E-state index in [2.05, 4.69) is 57.7 Å². The van der Waals surface area contributed by atoms with Crippen LogP contribution in [0.5, 0.6) is 0 Å². The van der Waals surface area contributed by atoms with Gasteiger partial charge in [-0.2, -0.15) is 5.26 Å². The van der Waals surface area contributed by atoms with Gasteiger partial charge in [0.1, 0.15) is 0 Å². The van der Waals surface area contributed by atoms with E-state index in [-0.39, 0.29) is 0 Å². The van der Waals surface area contributed by atoms with Crippen LogP contribution in [0.4, 0.5) is 16.2 Å². The monoisotopic (exact) mass is 545 g/mol. The van der Waals surface area contributed by atoms with E-state index in [1.165, 1.54) is 26.0 Å². The molecule has 1 atom stereocenters.